The van der Waals surface area contributed by atoms with Crippen LogP contribution in [0.5, 0.6) is 0 Å². The molecule has 4 nitrogen and oxygen atoms in total. The summed E-state index contributed by atoms with van der Waals surface area (Å²) < 4.78 is 4.37. The molecule has 148 valence electrons. The Balaban J connectivity index is 1.67. The standard InChI is InChI=1S/C25H27N3O/c1-5-19-12-11-17(3)28(16-19)18(4)25(29)26-20-13-14-24-22(15-20)21-9-7-8-10-23(21)27(24)6-2/h7-16,18H,5-6H2,1-4H3/p+1/t18-/m1/s1. The molecule has 0 aliphatic heterocycles. The first-order valence-corrected chi connectivity index (χ1v) is 10.4. The molecule has 0 aliphatic rings. The van der Waals surface area contributed by atoms with E-state index in [1.54, 1.807) is 0 Å². The highest BCUT2D eigenvalue weighted by Gasteiger charge is 2.24. The van der Waals surface area contributed by atoms with Gasteiger partial charge in [-0.15, -0.1) is 0 Å². The first-order valence-electron chi connectivity index (χ1n) is 10.4. The minimum absolute atomic E-state index is 0.00932. The Morgan fingerprint density at radius 2 is 1.79 bits per heavy atom. The van der Waals surface area contributed by atoms with Gasteiger partial charge in [0, 0.05) is 59.5 Å². The fourth-order valence-electron chi connectivity index (χ4n) is 4.11. The second-order valence-electron chi connectivity index (χ2n) is 7.60. The van der Waals surface area contributed by atoms with E-state index in [9.17, 15) is 4.79 Å². The van der Waals surface area contributed by atoms with E-state index in [1.807, 2.05) is 19.9 Å². The molecule has 0 aliphatic carbocycles. The van der Waals surface area contributed by atoms with Crippen LogP contribution >= 0.6 is 0 Å². The number of aryl methyl sites for hydroxylation is 3. The van der Waals surface area contributed by atoms with Crippen molar-refractivity contribution in [3.8, 4) is 0 Å². The topological polar surface area (TPSA) is 37.9 Å². The van der Waals surface area contributed by atoms with Gasteiger partial charge in [0.1, 0.15) is 0 Å². The highest BCUT2D eigenvalue weighted by atomic mass is 16.2. The van der Waals surface area contributed by atoms with Crippen molar-refractivity contribution in [2.24, 2.45) is 0 Å². The largest absolute Gasteiger partial charge is 0.341 e. The molecule has 4 aromatic rings. The lowest BCUT2D eigenvalue weighted by Gasteiger charge is -2.12. The Hall–Kier alpha value is -3.14. The monoisotopic (exact) mass is 386 g/mol. The van der Waals surface area contributed by atoms with Crippen molar-refractivity contribution >= 4 is 33.4 Å². The van der Waals surface area contributed by atoms with Crippen LogP contribution in [0.15, 0.2) is 60.8 Å². The van der Waals surface area contributed by atoms with Crippen molar-refractivity contribution in [1.82, 2.24) is 4.57 Å². The Labute approximate surface area is 171 Å². The van der Waals surface area contributed by atoms with Gasteiger partial charge < -0.3 is 9.88 Å². The predicted octanol–water partition coefficient (Wildman–Crippen LogP) is 5.17. The number of para-hydroxylation sites is 1. The first-order chi connectivity index (χ1) is 14.0. The average Bonchev–Trinajstić information content (AvgIpc) is 3.06. The molecule has 1 atom stereocenters. The normalized spacial score (nSPS) is 12.4. The molecule has 4 heteroatoms. The molecule has 0 bridgehead atoms. The van der Waals surface area contributed by atoms with E-state index in [0.29, 0.717) is 0 Å². The van der Waals surface area contributed by atoms with Gasteiger partial charge in [-0.05, 0) is 43.7 Å². The number of nitrogens with one attached hydrogen (secondary N) is 1. The molecule has 0 fully saturated rings. The van der Waals surface area contributed by atoms with Gasteiger partial charge in [0.15, 0.2) is 11.9 Å². The van der Waals surface area contributed by atoms with Crippen molar-refractivity contribution in [2.45, 2.75) is 46.7 Å². The maximum Gasteiger partial charge on any atom is 0.293 e. The number of anilines is 1. The first kappa shape index (κ1) is 19.2. The third-order valence-electron chi connectivity index (χ3n) is 5.81. The van der Waals surface area contributed by atoms with Crippen LogP contribution in [0, 0.1) is 6.92 Å². The van der Waals surface area contributed by atoms with Crippen LogP contribution in [0.1, 0.15) is 38.1 Å². The van der Waals surface area contributed by atoms with E-state index in [1.165, 1.54) is 27.4 Å². The Bertz CT molecular complexity index is 1210. The van der Waals surface area contributed by atoms with Gasteiger partial charge in [0.2, 0.25) is 6.04 Å². The summed E-state index contributed by atoms with van der Waals surface area (Å²) in [6, 6.07) is 18.5. The van der Waals surface area contributed by atoms with E-state index in [0.717, 1.165) is 24.3 Å². The minimum Gasteiger partial charge on any atom is -0.341 e. The van der Waals surface area contributed by atoms with Crippen molar-refractivity contribution < 1.29 is 9.36 Å². The highest BCUT2D eigenvalue weighted by molar-refractivity contribution is 6.09. The number of carbonyl (C=O) groups is 1. The summed E-state index contributed by atoms with van der Waals surface area (Å²) in [5, 5.41) is 5.51. The number of fused-ring (bicyclic) bond motifs is 3. The van der Waals surface area contributed by atoms with Gasteiger partial charge in [-0.2, -0.15) is 4.57 Å². The number of hydrogen-bond acceptors (Lipinski definition) is 1. The number of hydrogen-bond donors (Lipinski definition) is 1. The minimum atomic E-state index is -0.283. The summed E-state index contributed by atoms with van der Waals surface area (Å²) in [7, 11) is 0. The zero-order valence-corrected chi connectivity index (χ0v) is 17.6. The second kappa shape index (κ2) is 7.70. The Morgan fingerprint density at radius 1 is 1.03 bits per heavy atom. The second-order valence-corrected chi connectivity index (χ2v) is 7.60. The van der Waals surface area contributed by atoms with Crippen LogP contribution in [0.3, 0.4) is 0 Å². The Morgan fingerprint density at radius 3 is 2.55 bits per heavy atom. The number of nitrogens with zero attached hydrogens (tertiary/aromatic N) is 2. The fraction of sp³-hybridized carbons (Fsp3) is 0.280. The molecule has 4 rings (SSSR count). The number of aromatic nitrogens is 2. The summed E-state index contributed by atoms with van der Waals surface area (Å²) in [5.41, 5.74) is 5.55. The van der Waals surface area contributed by atoms with E-state index in [-0.39, 0.29) is 11.9 Å². The van der Waals surface area contributed by atoms with Crippen LogP contribution in [-0.4, -0.2) is 10.5 Å². The number of pyridine rings is 1. The molecule has 0 spiro atoms. The van der Waals surface area contributed by atoms with Crippen molar-refractivity contribution in [3.05, 3.63) is 72.1 Å². The lowest BCUT2D eigenvalue weighted by Crippen LogP contribution is -2.47. The quantitative estimate of drug-likeness (QED) is 0.472. The average molecular weight is 387 g/mol. The summed E-state index contributed by atoms with van der Waals surface area (Å²) in [4.78, 5) is 13.0. The molecular formula is C25H28N3O+. The highest BCUT2D eigenvalue weighted by Crippen LogP contribution is 2.31. The molecule has 29 heavy (non-hydrogen) atoms. The molecule has 0 unspecified atom stereocenters. The van der Waals surface area contributed by atoms with Gasteiger partial charge >= 0.3 is 0 Å². The lowest BCUT2D eigenvalue weighted by atomic mass is 10.1. The van der Waals surface area contributed by atoms with E-state index in [4.69, 9.17) is 0 Å². The van der Waals surface area contributed by atoms with Gasteiger partial charge in [-0.25, -0.2) is 0 Å². The summed E-state index contributed by atoms with van der Waals surface area (Å²) >= 11 is 0. The molecular weight excluding hydrogens is 358 g/mol. The van der Waals surface area contributed by atoms with Crippen LogP contribution in [-0.2, 0) is 17.8 Å². The number of carbonyl (C=O) groups excluding carboxylic acids is 1. The smallest absolute Gasteiger partial charge is 0.293 e. The van der Waals surface area contributed by atoms with Crippen LogP contribution in [0.25, 0.3) is 21.8 Å². The van der Waals surface area contributed by atoms with Gasteiger partial charge in [-0.3, -0.25) is 4.79 Å². The summed E-state index contributed by atoms with van der Waals surface area (Å²) in [6.45, 7) is 9.18. The third-order valence-corrected chi connectivity index (χ3v) is 5.81. The zero-order chi connectivity index (χ0) is 20.5. The number of rotatable bonds is 5. The molecule has 2 aromatic carbocycles. The molecule has 0 saturated heterocycles. The predicted molar refractivity (Wildman–Crippen MR) is 119 cm³/mol. The Kier molecular flexibility index (Phi) is 5.10. The number of amides is 1. The third kappa shape index (κ3) is 3.39. The summed E-state index contributed by atoms with van der Waals surface area (Å²) in [5.74, 6) is -0.00932. The van der Waals surface area contributed by atoms with E-state index in [2.05, 4.69) is 83.0 Å². The maximum atomic E-state index is 13.0. The van der Waals surface area contributed by atoms with E-state index >= 15 is 0 Å². The molecule has 1 amide bonds. The maximum absolute atomic E-state index is 13.0. The molecule has 1 N–H and O–H groups in total. The molecule has 2 aromatic heterocycles. The van der Waals surface area contributed by atoms with E-state index < -0.39 is 0 Å². The molecule has 2 heterocycles. The zero-order valence-electron chi connectivity index (χ0n) is 17.6. The van der Waals surface area contributed by atoms with Crippen molar-refractivity contribution in [3.63, 3.8) is 0 Å². The van der Waals surface area contributed by atoms with Gasteiger partial charge in [0.05, 0.1) is 0 Å². The fourth-order valence-corrected chi connectivity index (χ4v) is 4.11. The lowest BCUT2D eigenvalue weighted by molar-refractivity contribution is -0.711. The van der Waals surface area contributed by atoms with Crippen molar-refractivity contribution in [1.29, 1.82) is 0 Å². The van der Waals surface area contributed by atoms with Gasteiger partial charge in [0.25, 0.3) is 5.91 Å². The van der Waals surface area contributed by atoms with Crippen molar-refractivity contribution in [2.75, 3.05) is 5.32 Å². The molecule has 0 saturated carbocycles. The summed E-state index contributed by atoms with van der Waals surface area (Å²) in [6.07, 6.45) is 3.03. The number of benzene rings is 2. The van der Waals surface area contributed by atoms with Crippen LogP contribution in [0.2, 0.25) is 0 Å². The van der Waals surface area contributed by atoms with Crippen LogP contribution < -0.4 is 9.88 Å². The van der Waals surface area contributed by atoms with Crippen LogP contribution in [0.4, 0.5) is 5.69 Å². The SMILES string of the molecule is CCc1ccc(C)[n+]([C@H](C)C(=O)Nc2ccc3c(c2)c2ccccc2n3CC)c1. The van der Waals surface area contributed by atoms with Gasteiger partial charge in [-0.1, -0.05) is 25.1 Å². The molecule has 0 radical (unpaired) electrons.